The third-order valence-electron chi connectivity index (χ3n) is 0.997. The zero-order valence-corrected chi connectivity index (χ0v) is 6.89. The maximum absolute atomic E-state index is 9.19. The summed E-state index contributed by atoms with van der Waals surface area (Å²) in [5, 5.41) is 20.9. The highest BCUT2D eigenvalue weighted by Crippen LogP contribution is 1.96. The second-order valence-electron chi connectivity index (χ2n) is 3.29. The fourth-order valence-electron chi connectivity index (χ4n) is 0.587. The summed E-state index contributed by atoms with van der Waals surface area (Å²) < 4.78 is 0. The number of nitrogens with one attached hydrogen (secondary N) is 1. The number of hydrogen-bond acceptors (Lipinski definition) is 3. The first-order valence-electron chi connectivity index (χ1n) is 3.53. The van der Waals surface area contributed by atoms with Gasteiger partial charge in [0.15, 0.2) is 0 Å². The van der Waals surface area contributed by atoms with Gasteiger partial charge in [-0.2, -0.15) is 0 Å². The molecule has 1 unspecified atom stereocenters. The van der Waals surface area contributed by atoms with Gasteiger partial charge in [-0.3, -0.25) is 0 Å². The zero-order valence-electron chi connectivity index (χ0n) is 6.89. The van der Waals surface area contributed by atoms with Crippen LogP contribution in [0.15, 0.2) is 0 Å². The second-order valence-corrected chi connectivity index (χ2v) is 3.29. The highest BCUT2D eigenvalue weighted by atomic mass is 16.3. The first kappa shape index (κ1) is 9.88. The molecule has 0 amide bonds. The van der Waals surface area contributed by atoms with Crippen LogP contribution in [0.1, 0.15) is 20.8 Å². The van der Waals surface area contributed by atoms with Gasteiger partial charge in [0.2, 0.25) is 0 Å². The average molecular weight is 147 g/mol. The molecule has 0 aliphatic rings. The van der Waals surface area contributed by atoms with Crippen LogP contribution in [0.4, 0.5) is 0 Å². The van der Waals surface area contributed by atoms with Crippen LogP contribution in [0.25, 0.3) is 0 Å². The Morgan fingerprint density at radius 3 is 2.30 bits per heavy atom. The molecule has 0 fully saturated rings. The number of hydrogen-bond donors (Lipinski definition) is 3. The normalized spacial score (nSPS) is 15.3. The van der Waals surface area contributed by atoms with Crippen molar-refractivity contribution >= 4 is 0 Å². The molecule has 0 aliphatic heterocycles. The molecule has 0 aliphatic carbocycles. The van der Waals surface area contributed by atoms with Crippen molar-refractivity contribution < 1.29 is 10.2 Å². The van der Waals surface area contributed by atoms with Crippen molar-refractivity contribution in [3.63, 3.8) is 0 Å². The van der Waals surface area contributed by atoms with Crippen LogP contribution in [-0.4, -0.2) is 35.0 Å². The Morgan fingerprint density at radius 1 is 1.50 bits per heavy atom. The summed E-state index contributed by atoms with van der Waals surface area (Å²) in [5.74, 6) is 0. The minimum Gasteiger partial charge on any atom is -0.392 e. The van der Waals surface area contributed by atoms with Gasteiger partial charge in [0.05, 0.1) is 11.7 Å². The predicted octanol–water partition coefficient (Wildman–Crippen LogP) is -0.272. The molecule has 0 aromatic rings. The molecule has 0 aromatic heterocycles. The van der Waals surface area contributed by atoms with Crippen molar-refractivity contribution in [1.82, 2.24) is 5.32 Å². The number of aliphatic hydroxyl groups is 2. The van der Waals surface area contributed by atoms with Crippen molar-refractivity contribution in [2.75, 3.05) is 13.1 Å². The molecule has 0 rings (SSSR count). The molecule has 0 bridgehead atoms. The second kappa shape index (κ2) is 3.91. The van der Waals surface area contributed by atoms with Gasteiger partial charge < -0.3 is 15.5 Å². The molecular formula is C7H17NO2. The summed E-state index contributed by atoms with van der Waals surface area (Å²) in [5.41, 5.74) is -0.686. The number of aliphatic hydroxyl groups excluding tert-OH is 1. The molecule has 0 saturated carbocycles. The largest absolute Gasteiger partial charge is 0.392 e. The lowest BCUT2D eigenvalue weighted by Gasteiger charge is -2.18. The van der Waals surface area contributed by atoms with Gasteiger partial charge in [0, 0.05) is 13.1 Å². The molecule has 0 heterocycles. The average Bonchev–Trinajstić information content (AvgIpc) is 1.59. The molecule has 0 radical (unpaired) electrons. The lowest BCUT2D eigenvalue weighted by molar-refractivity contribution is 0.0752. The van der Waals surface area contributed by atoms with Crippen LogP contribution in [0.3, 0.4) is 0 Å². The Hall–Kier alpha value is -0.120. The van der Waals surface area contributed by atoms with E-state index in [9.17, 15) is 5.11 Å². The molecule has 10 heavy (non-hydrogen) atoms. The van der Waals surface area contributed by atoms with E-state index in [0.29, 0.717) is 13.1 Å². The topological polar surface area (TPSA) is 52.5 Å². The van der Waals surface area contributed by atoms with Gasteiger partial charge >= 0.3 is 0 Å². The van der Waals surface area contributed by atoms with Gasteiger partial charge in [-0.05, 0) is 20.8 Å². The molecule has 0 saturated heterocycles. The van der Waals surface area contributed by atoms with E-state index >= 15 is 0 Å². The van der Waals surface area contributed by atoms with E-state index in [1.807, 2.05) is 0 Å². The molecule has 0 spiro atoms. The Labute approximate surface area is 62.1 Å². The molecule has 62 valence electrons. The van der Waals surface area contributed by atoms with Crippen molar-refractivity contribution in [3.05, 3.63) is 0 Å². The molecular weight excluding hydrogens is 130 g/mol. The Bertz CT molecular complexity index is 86.1. The summed E-state index contributed by atoms with van der Waals surface area (Å²) in [6.07, 6.45) is -0.345. The predicted molar refractivity (Wildman–Crippen MR) is 40.8 cm³/mol. The third kappa shape index (κ3) is 7.88. The van der Waals surface area contributed by atoms with E-state index in [4.69, 9.17) is 5.11 Å². The fourth-order valence-corrected chi connectivity index (χ4v) is 0.587. The zero-order chi connectivity index (χ0) is 8.20. The Balaban J connectivity index is 3.21. The molecule has 3 N–H and O–H groups in total. The standard InChI is InChI=1S/C7H17NO2/c1-6(9)4-8-5-7(2,3)10/h6,8-10H,4-5H2,1-3H3. The van der Waals surface area contributed by atoms with Gasteiger partial charge in [0.1, 0.15) is 0 Å². The summed E-state index contributed by atoms with van der Waals surface area (Å²) >= 11 is 0. The maximum atomic E-state index is 9.19. The molecule has 3 heteroatoms. The Kier molecular flexibility index (Phi) is 3.86. The van der Waals surface area contributed by atoms with Crippen LogP contribution in [0.2, 0.25) is 0 Å². The van der Waals surface area contributed by atoms with Crippen LogP contribution in [-0.2, 0) is 0 Å². The minimum atomic E-state index is -0.686. The quantitative estimate of drug-likeness (QED) is 0.513. The van der Waals surface area contributed by atoms with E-state index in [2.05, 4.69) is 5.32 Å². The van der Waals surface area contributed by atoms with Crippen LogP contribution >= 0.6 is 0 Å². The first-order valence-corrected chi connectivity index (χ1v) is 3.53. The lowest BCUT2D eigenvalue weighted by atomic mass is 10.1. The van der Waals surface area contributed by atoms with Gasteiger partial charge in [-0.1, -0.05) is 0 Å². The summed E-state index contributed by atoms with van der Waals surface area (Å²) in [7, 11) is 0. The van der Waals surface area contributed by atoms with E-state index in [-0.39, 0.29) is 6.10 Å². The van der Waals surface area contributed by atoms with Crippen molar-refractivity contribution in [3.8, 4) is 0 Å². The van der Waals surface area contributed by atoms with E-state index in [0.717, 1.165) is 0 Å². The smallest absolute Gasteiger partial charge is 0.0715 e. The lowest BCUT2D eigenvalue weighted by Crippen LogP contribution is -2.37. The first-order chi connectivity index (χ1) is 4.42. The number of rotatable bonds is 4. The van der Waals surface area contributed by atoms with Crippen molar-refractivity contribution in [1.29, 1.82) is 0 Å². The third-order valence-corrected chi connectivity index (χ3v) is 0.997. The summed E-state index contributed by atoms with van der Waals surface area (Å²) in [6, 6.07) is 0. The van der Waals surface area contributed by atoms with Gasteiger partial charge in [0.25, 0.3) is 0 Å². The van der Waals surface area contributed by atoms with Crippen LogP contribution < -0.4 is 5.32 Å². The van der Waals surface area contributed by atoms with Gasteiger partial charge in [-0.15, -0.1) is 0 Å². The van der Waals surface area contributed by atoms with Crippen molar-refractivity contribution in [2.45, 2.75) is 32.5 Å². The molecule has 0 aromatic carbocycles. The fraction of sp³-hybridized carbons (Fsp3) is 1.00. The minimum absolute atomic E-state index is 0.345. The molecule has 1 atom stereocenters. The van der Waals surface area contributed by atoms with Crippen molar-refractivity contribution in [2.24, 2.45) is 0 Å². The molecule has 3 nitrogen and oxygen atoms in total. The maximum Gasteiger partial charge on any atom is 0.0715 e. The van der Waals surface area contributed by atoms with E-state index in [1.165, 1.54) is 0 Å². The van der Waals surface area contributed by atoms with Gasteiger partial charge in [-0.25, -0.2) is 0 Å². The van der Waals surface area contributed by atoms with E-state index in [1.54, 1.807) is 20.8 Å². The van der Waals surface area contributed by atoms with Crippen LogP contribution in [0.5, 0.6) is 0 Å². The highest BCUT2D eigenvalue weighted by Gasteiger charge is 2.10. The monoisotopic (exact) mass is 147 g/mol. The SMILES string of the molecule is CC(O)CNCC(C)(C)O. The summed E-state index contributed by atoms with van der Waals surface area (Å²) in [6.45, 7) is 6.20. The van der Waals surface area contributed by atoms with Crippen LogP contribution in [0, 0.1) is 0 Å². The van der Waals surface area contributed by atoms with E-state index < -0.39 is 5.60 Å². The Morgan fingerprint density at radius 2 is 2.00 bits per heavy atom. The summed E-state index contributed by atoms with van der Waals surface area (Å²) in [4.78, 5) is 0. The highest BCUT2D eigenvalue weighted by molar-refractivity contribution is 4.68.